The van der Waals surface area contributed by atoms with Crippen molar-refractivity contribution in [2.45, 2.75) is 64.6 Å². The molecule has 2 aliphatic carbocycles. The fourth-order valence-corrected chi connectivity index (χ4v) is 4.28. The van der Waals surface area contributed by atoms with Crippen molar-refractivity contribution < 1.29 is 9.53 Å². The van der Waals surface area contributed by atoms with Gasteiger partial charge in [0.05, 0.1) is 11.7 Å². The number of carbonyl (C=O) groups is 1. The monoisotopic (exact) mass is 222 g/mol. The van der Waals surface area contributed by atoms with Crippen molar-refractivity contribution >= 4 is 5.78 Å². The van der Waals surface area contributed by atoms with Gasteiger partial charge in [0.1, 0.15) is 5.78 Å². The SMILES string of the molecule is CC(=O)[C@H]1CC[C@]2(C)C[C@H]3O[C@@]3(C)CC[C@@H]12. The Hall–Kier alpha value is -0.370. The van der Waals surface area contributed by atoms with E-state index in [1.165, 1.54) is 19.3 Å². The first-order valence-electron chi connectivity index (χ1n) is 6.63. The van der Waals surface area contributed by atoms with Crippen LogP contribution < -0.4 is 0 Å². The van der Waals surface area contributed by atoms with Gasteiger partial charge in [-0.1, -0.05) is 6.92 Å². The van der Waals surface area contributed by atoms with E-state index in [1.807, 2.05) is 0 Å². The number of rotatable bonds is 1. The van der Waals surface area contributed by atoms with Crippen LogP contribution in [-0.4, -0.2) is 17.5 Å². The number of ether oxygens (including phenoxy) is 1. The van der Waals surface area contributed by atoms with Gasteiger partial charge in [0, 0.05) is 5.92 Å². The zero-order chi connectivity index (χ0) is 11.6. The van der Waals surface area contributed by atoms with Crippen LogP contribution in [0.1, 0.15) is 52.9 Å². The van der Waals surface area contributed by atoms with Crippen molar-refractivity contribution in [3.05, 3.63) is 0 Å². The number of hydrogen-bond donors (Lipinski definition) is 0. The van der Waals surface area contributed by atoms with Crippen molar-refractivity contribution in [2.24, 2.45) is 17.3 Å². The van der Waals surface area contributed by atoms with Crippen LogP contribution in [0.25, 0.3) is 0 Å². The smallest absolute Gasteiger partial charge is 0.133 e. The summed E-state index contributed by atoms with van der Waals surface area (Å²) in [4.78, 5) is 11.7. The predicted octanol–water partition coefficient (Wildman–Crippen LogP) is 2.95. The van der Waals surface area contributed by atoms with Crippen molar-refractivity contribution in [1.82, 2.24) is 0 Å². The van der Waals surface area contributed by atoms with E-state index in [4.69, 9.17) is 4.74 Å². The minimum atomic E-state index is 0.161. The molecule has 3 rings (SSSR count). The van der Waals surface area contributed by atoms with Crippen LogP contribution in [0.4, 0.5) is 0 Å². The third-order valence-electron chi connectivity index (χ3n) is 5.57. The van der Waals surface area contributed by atoms with E-state index in [0.717, 1.165) is 12.8 Å². The Balaban J connectivity index is 1.85. The first-order valence-corrected chi connectivity index (χ1v) is 6.63. The van der Waals surface area contributed by atoms with Crippen LogP contribution in [0.15, 0.2) is 0 Å². The molecule has 0 radical (unpaired) electrons. The summed E-state index contributed by atoms with van der Waals surface area (Å²) in [6.45, 7) is 6.40. The molecule has 2 heteroatoms. The molecule has 0 amide bonds. The molecule has 2 saturated carbocycles. The Morgan fingerprint density at radius 3 is 2.69 bits per heavy atom. The maximum atomic E-state index is 11.7. The van der Waals surface area contributed by atoms with Crippen LogP contribution in [0.2, 0.25) is 0 Å². The summed E-state index contributed by atoms with van der Waals surface area (Å²) >= 11 is 0. The third-order valence-corrected chi connectivity index (χ3v) is 5.57. The van der Waals surface area contributed by atoms with Gasteiger partial charge in [-0.2, -0.15) is 0 Å². The molecule has 0 bridgehead atoms. The summed E-state index contributed by atoms with van der Waals surface area (Å²) in [6.07, 6.45) is 6.33. The number of Topliss-reactive ketones (excluding diaryl/α,β-unsaturated/α-hetero) is 1. The highest BCUT2D eigenvalue weighted by Gasteiger charge is 2.60. The molecule has 0 unspecified atom stereocenters. The Labute approximate surface area is 97.7 Å². The molecule has 2 nitrogen and oxygen atoms in total. The second-order valence-electron chi connectivity index (χ2n) is 6.68. The van der Waals surface area contributed by atoms with Crippen LogP contribution in [0.3, 0.4) is 0 Å². The minimum Gasteiger partial charge on any atom is -0.366 e. The largest absolute Gasteiger partial charge is 0.366 e. The molecule has 3 fully saturated rings. The average Bonchev–Trinajstić information content (AvgIpc) is 2.68. The molecule has 1 aliphatic heterocycles. The van der Waals surface area contributed by atoms with Crippen LogP contribution in [0.5, 0.6) is 0 Å². The molecule has 0 aromatic rings. The molecule has 1 saturated heterocycles. The summed E-state index contributed by atoms with van der Waals surface area (Å²) in [7, 11) is 0. The number of carbonyl (C=O) groups excluding carboxylic acids is 1. The lowest BCUT2D eigenvalue weighted by Gasteiger charge is -2.32. The predicted molar refractivity (Wildman–Crippen MR) is 62.1 cm³/mol. The van der Waals surface area contributed by atoms with Gasteiger partial charge in [-0.05, 0) is 57.3 Å². The Bertz CT molecular complexity index is 338. The Morgan fingerprint density at radius 2 is 2.00 bits per heavy atom. The topological polar surface area (TPSA) is 29.6 Å². The lowest BCUT2D eigenvalue weighted by Crippen LogP contribution is -2.28. The number of hydrogen-bond acceptors (Lipinski definition) is 2. The summed E-state index contributed by atoms with van der Waals surface area (Å²) in [5.74, 6) is 1.37. The van der Waals surface area contributed by atoms with E-state index in [-0.39, 0.29) is 5.60 Å². The van der Waals surface area contributed by atoms with E-state index >= 15 is 0 Å². The molecule has 0 spiro atoms. The van der Waals surface area contributed by atoms with Gasteiger partial charge >= 0.3 is 0 Å². The second kappa shape index (κ2) is 3.10. The number of ketones is 1. The van der Waals surface area contributed by atoms with Crippen LogP contribution in [-0.2, 0) is 9.53 Å². The Kier molecular flexibility index (Phi) is 2.08. The van der Waals surface area contributed by atoms with E-state index in [9.17, 15) is 4.79 Å². The van der Waals surface area contributed by atoms with Crippen molar-refractivity contribution in [3.8, 4) is 0 Å². The standard InChI is InChI=1S/C14H22O2/c1-9(15)10-4-6-13(2)8-12-14(3,16-12)7-5-11(10)13/h10-12H,4-8H2,1-3H3/t10-,11+,12-,13-,14+/m1/s1. The highest BCUT2D eigenvalue weighted by atomic mass is 16.6. The lowest BCUT2D eigenvalue weighted by molar-refractivity contribution is -0.122. The number of epoxide rings is 1. The van der Waals surface area contributed by atoms with Gasteiger partial charge in [-0.15, -0.1) is 0 Å². The lowest BCUT2D eigenvalue weighted by atomic mass is 9.73. The summed E-state index contributed by atoms with van der Waals surface area (Å²) in [5, 5.41) is 0. The maximum absolute atomic E-state index is 11.7. The van der Waals surface area contributed by atoms with Crippen molar-refractivity contribution in [3.63, 3.8) is 0 Å². The van der Waals surface area contributed by atoms with Crippen LogP contribution in [0, 0.1) is 17.3 Å². The highest BCUT2D eigenvalue weighted by molar-refractivity contribution is 5.79. The van der Waals surface area contributed by atoms with E-state index in [0.29, 0.717) is 29.1 Å². The fraction of sp³-hybridized carbons (Fsp3) is 0.929. The molecule has 16 heavy (non-hydrogen) atoms. The van der Waals surface area contributed by atoms with Gasteiger partial charge in [0.25, 0.3) is 0 Å². The number of fused-ring (bicyclic) bond motifs is 2. The molecule has 0 aromatic heterocycles. The average molecular weight is 222 g/mol. The van der Waals surface area contributed by atoms with Crippen molar-refractivity contribution in [2.75, 3.05) is 0 Å². The highest BCUT2D eigenvalue weighted by Crippen LogP contribution is 2.60. The fourth-order valence-electron chi connectivity index (χ4n) is 4.28. The second-order valence-corrected chi connectivity index (χ2v) is 6.68. The van der Waals surface area contributed by atoms with Gasteiger partial charge in [0.2, 0.25) is 0 Å². The molecular weight excluding hydrogens is 200 g/mol. The summed E-state index contributed by atoms with van der Waals surface area (Å²) < 4.78 is 5.83. The van der Waals surface area contributed by atoms with E-state index < -0.39 is 0 Å². The Morgan fingerprint density at radius 1 is 1.25 bits per heavy atom. The van der Waals surface area contributed by atoms with Gasteiger partial charge in [-0.3, -0.25) is 4.79 Å². The maximum Gasteiger partial charge on any atom is 0.133 e. The first kappa shape index (κ1) is 10.8. The quantitative estimate of drug-likeness (QED) is 0.638. The van der Waals surface area contributed by atoms with Crippen LogP contribution >= 0.6 is 0 Å². The van der Waals surface area contributed by atoms with Gasteiger partial charge < -0.3 is 4.74 Å². The van der Waals surface area contributed by atoms with Crippen molar-refractivity contribution in [1.29, 1.82) is 0 Å². The molecule has 0 aromatic carbocycles. The molecule has 90 valence electrons. The molecule has 3 aliphatic rings. The van der Waals surface area contributed by atoms with E-state index in [1.54, 1.807) is 6.92 Å². The van der Waals surface area contributed by atoms with Gasteiger partial charge in [-0.25, -0.2) is 0 Å². The zero-order valence-electron chi connectivity index (χ0n) is 10.6. The molecular formula is C14H22O2. The first-order chi connectivity index (χ1) is 7.45. The van der Waals surface area contributed by atoms with Gasteiger partial charge in [0.15, 0.2) is 0 Å². The normalized spacial score (nSPS) is 55.1. The summed E-state index contributed by atoms with van der Waals surface area (Å²) in [5.41, 5.74) is 0.532. The molecule has 5 atom stereocenters. The zero-order valence-corrected chi connectivity index (χ0v) is 10.6. The third kappa shape index (κ3) is 1.38. The minimum absolute atomic E-state index is 0.161. The molecule has 0 N–H and O–H groups in total. The molecule has 1 heterocycles. The summed E-state index contributed by atoms with van der Waals surface area (Å²) in [6, 6.07) is 0. The van der Waals surface area contributed by atoms with E-state index in [2.05, 4.69) is 13.8 Å².